The molecule has 1 spiro atoms. The van der Waals surface area contributed by atoms with Crippen molar-refractivity contribution in [2.24, 2.45) is 0 Å². The number of carbonyl (C=O) groups excluding carboxylic acids is 1. The fraction of sp³-hybridized carbons (Fsp3) is 0.964. The van der Waals surface area contributed by atoms with Crippen molar-refractivity contribution in [2.45, 2.75) is 173 Å². The SMILES string of the molecule is C[C@@H]1O[C@@]2(CC(=O)[C@@]2(C)O)[C@H](O[Si](C)(C)C(C)(C)C)[C@H](O[Si](C)(C)C(C)(C)C)[C@H]1O[Si](C)(C)C(C)(C)C. The molecule has 1 aliphatic carbocycles. The van der Waals surface area contributed by atoms with Crippen molar-refractivity contribution in [2.75, 3.05) is 0 Å². The Morgan fingerprint density at radius 3 is 1.43 bits per heavy atom. The van der Waals surface area contributed by atoms with Crippen LogP contribution in [0.5, 0.6) is 0 Å². The van der Waals surface area contributed by atoms with Gasteiger partial charge in [-0.15, -0.1) is 0 Å². The van der Waals surface area contributed by atoms with E-state index < -0.39 is 48.4 Å². The molecular weight excluding hydrogens is 517 g/mol. The maximum absolute atomic E-state index is 12.8. The molecule has 0 aromatic heterocycles. The smallest absolute Gasteiger partial charge is 0.192 e. The van der Waals surface area contributed by atoms with Crippen LogP contribution in [0.15, 0.2) is 0 Å². The van der Waals surface area contributed by atoms with E-state index in [9.17, 15) is 9.90 Å². The molecule has 0 aromatic carbocycles. The highest BCUT2D eigenvalue weighted by Crippen LogP contribution is 2.55. The second-order valence-electron chi connectivity index (χ2n) is 16.4. The number of Topliss-reactive ketones (excluding diaryl/α,β-unsaturated/α-hetero) is 1. The molecule has 0 unspecified atom stereocenters. The highest BCUT2D eigenvalue weighted by Gasteiger charge is 2.74. The van der Waals surface area contributed by atoms with Gasteiger partial charge in [-0.05, 0) is 68.2 Å². The van der Waals surface area contributed by atoms with Gasteiger partial charge in [0.2, 0.25) is 0 Å². The Morgan fingerprint density at radius 2 is 1.11 bits per heavy atom. The van der Waals surface area contributed by atoms with E-state index in [0.717, 1.165) is 0 Å². The van der Waals surface area contributed by atoms with E-state index in [4.69, 9.17) is 18.0 Å². The van der Waals surface area contributed by atoms with E-state index in [0.29, 0.717) is 0 Å². The van der Waals surface area contributed by atoms with E-state index in [1.807, 2.05) is 6.92 Å². The Bertz CT molecular complexity index is 863. The first kappa shape index (κ1) is 33.3. The Balaban J connectivity index is 2.77. The number of ether oxygens (including phenoxy) is 1. The van der Waals surface area contributed by atoms with Crippen molar-refractivity contribution in [3.05, 3.63) is 0 Å². The summed E-state index contributed by atoms with van der Waals surface area (Å²) in [4.78, 5) is 12.8. The summed E-state index contributed by atoms with van der Waals surface area (Å²) in [5.41, 5.74) is -2.81. The van der Waals surface area contributed by atoms with E-state index in [1.54, 1.807) is 6.92 Å². The maximum atomic E-state index is 12.8. The average Bonchev–Trinajstić information content (AvgIpc) is 2.64. The lowest BCUT2D eigenvalue weighted by atomic mass is 9.59. The molecule has 9 heteroatoms. The van der Waals surface area contributed by atoms with Crippen LogP contribution >= 0.6 is 0 Å². The highest BCUT2D eigenvalue weighted by molar-refractivity contribution is 6.75. The monoisotopic (exact) mass is 574 g/mol. The van der Waals surface area contributed by atoms with Crippen molar-refractivity contribution in [3.63, 3.8) is 0 Å². The van der Waals surface area contributed by atoms with E-state index in [2.05, 4.69) is 102 Å². The van der Waals surface area contributed by atoms with Gasteiger partial charge in [-0.25, -0.2) is 0 Å². The lowest BCUT2D eigenvalue weighted by Crippen LogP contribution is -2.83. The third kappa shape index (κ3) is 5.80. The minimum absolute atomic E-state index is 0.00289. The summed E-state index contributed by atoms with van der Waals surface area (Å²) in [7, 11) is -6.91. The summed E-state index contributed by atoms with van der Waals surface area (Å²) in [6.45, 7) is 37.0. The van der Waals surface area contributed by atoms with Gasteiger partial charge in [0.05, 0.1) is 12.2 Å². The predicted octanol–water partition coefficient (Wildman–Crippen LogP) is 7.04. The summed E-state index contributed by atoms with van der Waals surface area (Å²) < 4.78 is 28.2. The van der Waals surface area contributed by atoms with Gasteiger partial charge in [0.1, 0.15) is 17.8 Å². The summed E-state index contributed by atoms with van der Waals surface area (Å²) in [6, 6.07) is 0. The topological polar surface area (TPSA) is 74.2 Å². The molecule has 1 aliphatic heterocycles. The van der Waals surface area contributed by atoms with Crippen molar-refractivity contribution in [1.82, 2.24) is 0 Å². The molecule has 2 fully saturated rings. The number of hydrogen-bond donors (Lipinski definition) is 1. The number of hydrogen-bond acceptors (Lipinski definition) is 6. The van der Waals surface area contributed by atoms with Gasteiger partial charge in [0.25, 0.3) is 0 Å². The molecule has 1 N–H and O–H groups in total. The molecule has 37 heavy (non-hydrogen) atoms. The maximum Gasteiger partial charge on any atom is 0.192 e. The fourth-order valence-electron chi connectivity index (χ4n) is 4.40. The molecule has 1 saturated carbocycles. The molecule has 2 aliphatic rings. The third-order valence-electron chi connectivity index (χ3n) is 10.4. The Morgan fingerprint density at radius 1 is 0.757 bits per heavy atom. The van der Waals surface area contributed by atoms with Gasteiger partial charge >= 0.3 is 0 Å². The van der Waals surface area contributed by atoms with Gasteiger partial charge in [-0.2, -0.15) is 0 Å². The molecule has 0 amide bonds. The van der Waals surface area contributed by atoms with E-state index >= 15 is 0 Å². The van der Waals surface area contributed by atoms with Gasteiger partial charge in [-0.1, -0.05) is 62.3 Å². The third-order valence-corrected chi connectivity index (χ3v) is 23.8. The number of rotatable bonds is 6. The Kier molecular flexibility index (Phi) is 8.65. The number of ketones is 1. The largest absolute Gasteiger partial charge is 0.409 e. The zero-order valence-electron chi connectivity index (χ0n) is 27.0. The lowest BCUT2D eigenvalue weighted by molar-refractivity contribution is -0.318. The van der Waals surface area contributed by atoms with E-state index in [-0.39, 0.29) is 39.5 Å². The second kappa shape index (κ2) is 9.60. The first-order valence-corrected chi connectivity index (χ1v) is 22.7. The molecule has 1 heterocycles. The number of carbonyl (C=O) groups is 1. The van der Waals surface area contributed by atoms with Crippen molar-refractivity contribution < 1.29 is 27.9 Å². The van der Waals surface area contributed by atoms with Gasteiger partial charge in [0, 0.05) is 6.42 Å². The summed E-state index contributed by atoms with van der Waals surface area (Å²) in [5.74, 6) is -0.210. The second-order valence-corrected chi connectivity index (χ2v) is 30.6. The van der Waals surface area contributed by atoms with Crippen LogP contribution < -0.4 is 0 Å². The summed E-state index contributed by atoms with van der Waals surface area (Å²) >= 11 is 0. The van der Waals surface area contributed by atoms with Gasteiger partial charge < -0.3 is 23.1 Å². The predicted molar refractivity (Wildman–Crippen MR) is 160 cm³/mol. The quantitative estimate of drug-likeness (QED) is 0.343. The van der Waals surface area contributed by atoms with Crippen molar-refractivity contribution >= 4 is 30.7 Å². The van der Waals surface area contributed by atoms with Crippen molar-refractivity contribution in [1.29, 1.82) is 0 Å². The van der Waals surface area contributed by atoms with Gasteiger partial charge in [-0.3, -0.25) is 4.79 Å². The van der Waals surface area contributed by atoms with Gasteiger partial charge in [0.15, 0.2) is 36.3 Å². The molecular formula is C28H58O6Si3. The van der Waals surface area contributed by atoms with Crippen LogP contribution in [0.3, 0.4) is 0 Å². The van der Waals surface area contributed by atoms with Crippen LogP contribution in [0.25, 0.3) is 0 Å². The Labute approximate surface area is 231 Å². The number of aliphatic hydroxyl groups is 1. The molecule has 1 saturated heterocycles. The first-order valence-electron chi connectivity index (χ1n) is 14.0. The summed E-state index contributed by atoms with van der Waals surface area (Å²) in [5, 5.41) is 11.4. The summed E-state index contributed by atoms with van der Waals surface area (Å²) in [6.07, 6.45) is -1.72. The molecule has 0 aromatic rings. The zero-order chi connectivity index (χ0) is 29.4. The average molecular weight is 575 g/mol. The Hall–Kier alpha value is 0.121. The standard InChI is InChI=1S/C28H58O6Si3/c1-19-21(32-35(12,13)24(2,3)4)22(33-36(14,15)25(5,6)7)23(34-37(16,17)26(8,9)10)28(31-19)18-20(29)27(28,11)30/h19,21-23,30H,18H2,1-17H3/t19-,21-,22+,23+,27+,28-/m0/s1. The van der Waals surface area contributed by atoms with Crippen LogP contribution in [0, 0.1) is 0 Å². The van der Waals surface area contributed by atoms with Crippen LogP contribution in [0.1, 0.15) is 82.6 Å². The molecule has 6 nitrogen and oxygen atoms in total. The highest BCUT2D eigenvalue weighted by atomic mass is 28.4. The normalized spacial score (nSPS) is 34.6. The molecule has 218 valence electrons. The minimum atomic E-state index is -2.37. The molecule has 0 bridgehead atoms. The first-order chi connectivity index (χ1) is 16.0. The van der Waals surface area contributed by atoms with Crippen LogP contribution in [0.2, 0.25) is 54.4 Å². The fourth-order valence-corrected chi connectivity index (χ4v) is 8.36. The molecule has 0 radical (unpaired) electrons. The minimum Gasteiger partial charge on any atom is -0.409 e. The molecule has 2 rings (SSSR count). The van der Waals surface area contributed by atoms with Crippen LogP contribution in [-0.4, -0.2) is 71.5 Å². The zero-order valence-corrected chi connectivity index (χ0v) is 30.0. The lowest BCUT2D eigenvalue weighted by Gasteiger charge is -2.64. The van der Waals surface area contributed by atoms with Crippen LogP contribution in [0.4, 0.5) is 0 Å². The molecule has 6 atom stereocenters. The van der Waals surface area contributed by atoms with Crippen LogP contribution in [-0.2, 0) is 22.8 Å². The van der Waals surface area contributed by atoms with E-state index in [1.165, 1.54) is 0 Å². The van der Waals surface area contributed by atoms with Crippen molar-refractivity contribution in [3.8, 4) is 0 Å².